The van der Waals surface area contributed by atoms with Crippen LogP contribution in [0.2, 0.25) is 0 Å². The number of amides is 3. The molecule has 4 N–H and O–H groups in total. The molecule has 0 unspecified atom stereocenters. The van der Waals surface area contributed by atoms with E-state index in [2.05, 4.69) is 26.2 Å². The molecule has 12 nitrogen and oxygen atoms in total. The number of rotatable bonds is 7. The van der Waals surface area contributed by atoms with Gasteiger partial charge in [0.2, 0.25) is 0 Å². The molecule has 318 valence electrons. The average molecular weight is 855 g/mol. The number of aromatic hydroxyl groups is 1. The smallest absolute Gasteiger partial charge is 0.286 e. The molecule has 0 fully saturated rings. The van der Waals surface area contributed by atoms with Crippen LogP contribution in [0, 0.1) is 6.92 Å². The standard InChI is InChI=1S/C25H26N2O5S.C21H28N2O3S/c1-17-5-7-19(8-6-17)24(30)27(26-23(29)18-9-13-21(28)14-10-18)33(31,32)22-15-11-20(12-16-22)25(2,3)4;1-20(2,3)16-9-7-15(8-10-16)19(24)23(22)27(25,26)18-13-11-17(12-14-18)21(4,5)6/h5-16,28H,1-4H3,(H,26,29);7-14H,22H2,1-6H3. The first-order valence-electron chi connectivity index (χ1n) is 19.1. The van der Waals surface area contributed by atoms with Gasteiger partial charge in [-0.25, -0.2) is 11.3 Å². The lowest BCUT2D eigenvalue weighted by Gasteiger charge is -2.24. The van der Waals surface area contributed by atoms with E-state index in [4.69, 9.17) is 5.84 Å². The fourth-order valence-electron chi connectivity index (χ4n) is 5.62. The van der Waals surface area contributed by atoms with Gasteiger partial charge in [-0.3, -0.25) is 14.4 Å². The molecule has 0 atom stereocenters. The van der Waals surface area contributed by atoms with Crippen molar-refractivity contribution in [3.8, 4) is 5.75 Å². The van der Waals surface area contributed by atoms with Crippen LogP contribution in [0.1, 0.15) is 116 Å². The zero-order valence-corrected chi connectivity index (χ0v) is 37.3. The van der Waals surface area contributed by atoms with Crippen molar-refractivity contribution in [1.29, 1.82) is 0 Å². The summed E-state index contributed by atoms with van der Waals surface area (Å²) >= 11 is 0. The summed E-state index contributed by atoms with van der Waals surface area (Å²) in [5.41, 5.74) is 6.12. The Labute approximate surface area is 354 Å². The Balaban J connectivity index is 0.000000270. The number of aryl methyl sites for hydroxylation is 1. The van der Waals surface area contributed by atoms with Crippen LogP contribution >= 0.6 is 0 Å². The van der Waals surface area contributed by atoms with Gasteiger partial charge in [0, 0.05) is 16.7 Å². The first-order chi connectivity index (χ1) is 27.6. The number of phenolic OH excluding ortho intramolecular Hbond substituents is 1. The van der Waals surface area contributed by atoms with Crippen molar-refractivity contribution < 1.29 is 36.3 Å². The van der Waals surface area contributed by atoms with Gasteiger partial charge in [-0.2, -0.15) is 21.2 Å². The van der Waals surface area contributed by atoms with E-state index < -0.39 is 37.8 Å². The molecule has 0 aliphatic carbocycles. The lowest BCUT2D eigenvalue weighted by Crippen LogP contribution is -2.49. The largest absolute Gasteiger partial charge is 0.508 e. The maximum Gasteiger partial charge on any atom is 0.286 e. The number of hydrogen-bond donors (Lipinski definition) is 3. The van der Waals surface area contributed by atoms with Crippen molar-refractivity contribution in [3.05, 3.63) is 160 Å². The van der Waals surface area contributed by atoms with Gasteiger partial charge in [-0.05, 0) is 113 Å². The number of carbonyl (C=O) groups is 3. The number of hydrazine groups is 2. The summed E-state index contributed by atoms with van der Waals surface area (Å²) < 4.78 is 53.0. The Kier molecular flexibility index (Phi) is 13.9. The van der Waals surface area contributed by atoms with Crippen molar-refractivity contribution in [2.45, 2.75) is 95.3 Å². The third-order valence-electron chi connectivity index (χ3n) is 9.55. The van der Waals surface area contributed by atoms with Crippen LogP contribution in [-0.4, -0.2) is 48.5 Å². The molecule has 0 radical (unpaired) electrons. The number of nitrogens with two attached hydrogens (primary N) is 1. The van der Waals surface area contributed by atoms with Crippen molar-refractivity contribution in [1.82, 2.24) is 14.3 Å². The summed E-state index contributed by atoms with van der Waals surface area (Å²) in [7, 11) is -8.56. The Bertz CT molecular complexity index is 2540. The van der Waals surface area contributed by atoms with Crippen LogP contribution in [0.15, 0.2) is 131 Å². The first kappa shape index (κ1) is 46.9. The first-order valence-corrected chi connectivity index (χ1v) is 21.9. The highest BCUT2D eigenvalue weighted by molar-refractivity contribution is 7.90. The molecular weight excluding hydrogens is 801 g/mol. The maximum atomic E-state index is 13.4. The molecule has 0 heterocycles. The Hall–Kier alpha value is -5.83. The molecule has 0 saturated carbocycles. The summed E-state index contributed by atoms with van der Waals surface area (Å²) in [6, 6.07) is 31.0. The maximum absolute atomic E-state index is 13.4. The SMILES string of the molecule is CC(C)(C)c1ccc(C(=O)N(N)S(=O)(=O)c2ccc(C(C)(C)C)cc2)cc1.Cc1ccc(C(=O)N(NC(=O)c2ccc(O)cc2)S(=O)(=O)c2ccc(C(C)(C)C)cc2)cc1. The summed E-state index contributed by atoms with van der Waals surface area (Å²) in [5, 5.41) is 9.44. The second-order valence-electron chi connectivity index (χ2n) is 17.4. The molecule has 0 spiro atoms. The fraction of sp³-hybridized carbons (Fsp3) is 0.283. The van der Waals surface area contributed by atoms with Crippen molar-refractivity contribution in [3.63, 3.8) is 0 Å². The molecule has 0 aliphatic heterocycles. The van der Waals surface area contributed by atoms with Gasteiger partial charge in [0.15, 0.2) is 0 Å². The zero-order chi connectivity index (χ0) is 45.0. The fourth-order valence-corrected chi connectivity index (χ4v) is 7.87. The molecule has 5 aromatic rings. The zero-order valence-electron chi connectivity index (χ0n) is 35.6. The highest BCUT2D eigenvalue weighted by Crippen LogP contribution is 2.27. The van der Waals surface area contributed by atoms with Crippen LogP contribution in [0.4, 0.5) is 0 Å². The number of benzene rings is 5. The minimum atomic E-state index is -4.43. The van der Waals surface area contributed by atoms with E-state index in [9.17, 15) is 36.3 Å². The molecule has 60 heavy (non-hydrogen) atoms. The van der Waals surface area contributed by atoms with Crippen LogP contribution in [0.5, 0.6) is 5.75 Å². The summed E-state index contributed by atoms with van der Waals surface area (Å²) in [6.07, 6.45) is 0. The highest BCUT2D eigenvalue weighted by atomic mass is 32.2. The molecule has 0 aliphatic rings. The predicted molar refractivity (Wildman–Crippen MR) is 233 cm³/mol. The second kappa shape index (κ2) is 17.8. The van der Waals surface area contributed by atoms with Gasteiger partial charge in [0.05, 0.1) is 9.79 Å². The van der Waals surface area contributed by atoms with E-state index >= 15 is 0 Å². The van der Waals surface area contributed by atoms with E-state index in [0.717, 1.165) is 22.3 Å². The molecule has 5 aromatic carbocycles. The van der Waals surface area contributed by atoms with Crippen LogP contribution in [0.3, 0.4) is 0 Å². The quantitative estimate of drug-likeness (QED) is 0.0826. The molecule has 14 heteroatoms. The lowest BCUT2D eigenvalue weighted by atomic mass is 9.87. The number of nitrogens with one attached hydrogen (secondary N) is 1. The molecule has 5 rings (SSSR count). The molecule has 0 bridgehead atoms. The second-order valence-corrected chi connectivity index (χ2v) is 21.0. The van der Waals surface area contributed by atoms with Gasteiger partial charge in [0.25, 0.3) is 37.8 Å². The van der Waals surface area contributed by atoms with Gasteiger partial charge < -0.3 is 5.11 Å². The molecule has 3 amide bonds. The van der Waals surface area contributed by atoms with Gasteiger partial charge >= 0.3 is 0 Å². The highest BCUT2D eigenvalue weighted by Gasteiger charge is 2.33. The number of sulfonamides is 2. The van der Waals surface area contributed by atoms with Crippen molar-refractivity contribution in [2.75, 3.05) is 0 Å². The molecule has 0 aromatic heterocycles. The number of nitrogens with zero attached hydrogens (tertiary/aromatic N) is 2. The Morgan fingerprint density at radius 2 is 0.833 bits per heavy atom. The van der Waals surface area contributed by atoms with Crippen LogP contribution in [0.25, 0.3) is 0 Å². The summed E-state index contributed by atoms with van der Waals surface area (Å²) in [4.78, 5) is 38.4. The lowest BCUT2D eigenvalue weighted by molar-refractivity contribution is 0.0724. The molecular formula is C46H54N4O8S2. The number of carbonyl (C=O) groups excluding carboxylic acids is 3. The van der Waals surface area contributed by atoms with Crippen LogP contribution < -0.4 is 11.3 Å². The number of hydrogen-bond acceptors (Lipinski definition) is 9. The topological polar surface area (TPSA) is 184 Å². The van der Waals surface area contributed by atoms with E-state index in [1.54, 1.807) is 48.5 Å². The monoisotopic (exact) mass is 854 g/mol. The minimum Gasteiger partial charge on any atom is -0.508 e. The van der Waals surface area contributed by atoms with Crippen LogP contribution in [-0.2, 0) is 36.3 Å². The van der Waals surface area contributed by atoms with Gasteiger partial charge in [0.1, 0.15) is 5.75 Å². The summed E-state index contributed by atoms with van der Waals surface area (Å²) in [6.45, 7) is 20.1. The van der Waals surface area contributed by atoms with E-state index in [1.807, 2.05) is 60.6 Å². The van der Waals surface area contributed by atoms with Gasteiger partial charge in [-0.15, -0.1) is 4.41 Å². The third kappa shape index (κ3) is 11.3. The normalized spacial score (nSPS) is 12.1. The average Bonchev–Trinajstić information content (AvgIpc) is 3.19. The third-order valence-corrected chi connectivity index (χ3v) is 12.7. The van der Waals surface area contributed by atoms with E-state index in [-0.39, 0.29) is 48.5 Å². The van der Waals surface area contributed by atoms with Gasteiger partial charge in [-0.1, -0.05) is 116 Å². The van der Waals surface area contributed by atoms with Crippen molar-refractivity contribution >= 4 is 37.8 Å². The van der Waals surface area contributed by atoms with E-state index in [0.29, 0.717) is 8.83 Å². The Morgan fingerprint density at radius 1 is 0.500 bits per heavy atom. The summed E-state index contributed by atoms with van der Waals surface area (Å²) in [5.74, 6) is 3.17. The minimum absolute atomic E-state index is 0.0161. The Morgan fingerprint density at radius 3 is 1.23 bits per heavy atom. The number of phenols is 1. The molecule has 0 saturated heterocycles. The van der Waals surface area contributed by atoms with Crippen molar-refractivity contribution in [2.24, 2.45) is 5.84 Å². The van der Waals surface area contributed by atoms with E-state index in [1.165, 1.54) is 60.7 Å². The predicted octanol–water partition coefficient (Wildman–Crippen LogP) is 8.16.